The summed E-state index contributed by atoms with van der Waals surface area (Å²) >= 11 is 0. The molecule has 0 aromatic rings. The molecular formula is C8H12BiNaO8. The van der Waals surface area contributed by atoms with Gasteiger partial charge < -0.3 is 39.6 Å². The molecule has 0 spiro atoms. The van der Waals surface area contributed by atoms with E-state index in [1.807, 2.05) is 0 Å². The van der Waals surface area contributed by atoms with Crippen molar-refractivity contribution in [3.63, 3.8) is 0 Å². The van der Waals surface area contributed by atoms with Gasteiger partial charge in [0, 0.05) is 23.9 Å². The minimum Gasteiger partial charge on any atom is -0.550 e. The monoisotopic (exact) mass is 468 g/mol. The van der Waals surface area contributed by atoms with Gasteiger partial charge in [0.1, 0.15) is 0 Å². The number of carboxylic acid groups (broad SMARTS) is 4. The summed E-state index contributed by atoms with van der Waals surface area (Å²) in [6, 6.07) is 0. The van der Waals surface area contributed by atoms with Crippen LogP contribution in [0.25, 0.3) is 0 Å². The minimum absolute atomic E-state index is 0. The van der Waals surface area contributed by atoms with Gasteiger partial charge in [-0.3, -0.25) is 0 Å². The van der Waals surface area contributed by atoms with Crippen LogP contribution in [-0.2, 0) is 19.2 Å². The van der Waals surface area contributed by atoms with E-state index in [1.165, 1.54) is 0 Å². The number of carboxylic acids is 4. The third kappa shape index (κ3) is 61200. The van der Waals surface area contributed by atoms with E-state index in [2.05, 4.69) is 0 Å². The van der Waals surface area contributed by atoms with Crippen molar-refractivity contribution in [2.45, 2.75) is 27.7 Å². The third-order valence-corrected chi connectivity index (χ3v) is 0. The molecule has 2 radical (unpaired) electrons. The van der Waals surface area contributed by atoms with E-state index in [0.29, 0.717) is 0 Å². The summed E-state index contributed by atoms with van der Waals surface area (Å²) in [7, 11) is 0. The molecule has 0 N–H and O–H groups in total. The molecule has 0 aromatic heterocycles. The third-order valence-electron chi connectivity index (χ3n) is 0. The molecule has 0 atom stereocenters. The number of aliphatic carboxylic acids is 4. The second kappa shape index (κ2) is 30.1. The number of hydrogen-bond acceptors (Lipinski definition) is 8. The molecule has 0 aliphatic heterocycles. The summed E-state index contributed by atoms with van der Waals surface area (Å²) in [5.74, 6) is -4.33. The van der Waals surface area contributed by atoms with E-state index in [1.54, 1.807) is 0 Å². The van der Waals surface area contributed by atoms with Gasteiger partial charge in [0.2, 0.25) is 0 Å². The molecule has 0 aliphatic carbocycles. The van der Waals surface area contributed by atoms with Gasteiger partial charge in [0.25, 0.3) is 0 Å². The van der Waals surface area contributed by atoms with Crippen molar-refractivity contribution in [2.24, 2.45) is 0 Å². The fraction of sp³-hybridized carbons (Fsp3) is 0.500. The van der Waals surface area contributed by atoms with Crippen LogP contribution < -0.4 is 50.0 Å². The Morgan fingerprint density at radius 3 is 0.556 bits per heavy atom. The topological polar surface area (TPSA) is 161 Å². The molecule has 98 valence electrons. The van der Waals surface area contributed by atoms with Gasteiger partial charge in [-0.15, -0.1) is 0 Å². The van der Waals surface area contributed by atoms with E-state index in [-0.39, 0.29) is 55.8 Å². The maximum atomic E-state index is 8.89. The number of carbonyl (C=O) groups is 4. The Hall–Kier alpha value is -0.237. The number of carbonyl (C=O) groups excluding carboxylic acids is 4. The Morgan fingerprint density at radius 2 is 0.556 bits per heavy atom. The SMILES string of the molecule is CC(=O)[O-].CC(=O)[O-].CC(=O)[O-].CC(=O)[O-].[Bi+3].[Na+]. The first-order valence-electron chi connectivity index (χ1n) is 3.63. The predicted molar refractivity (Wildman–Crippen MR) is 48.5 cm³/mol. The van der Waals surface area contributed by atoms with Crippen molar-refractivity contribution in [1.29, 1.82) is 0 Å². The molecule has 0 rings (SSSR count). The van der Waals surface area contributed by atoms with E-state index in [9.17, 15) is 0 Å². The Balaban J connectivity index is -0.0000000257. The summed E-state index contributed by atoms with van der Waals surface area (Å²) in [5, 5.41) is 35.6. The Kier molecular flexibility index (Phi) is 60.3. The van der Waals surface area contributed by atoms with Gasteiger partial charge in [-0.25, -0.2) is 0 Å². The predicted octanol–water partition coefficient (Wildman–Crippen LogP) is -8.35. The van der Waals surface area contributed by atoms with Gasteiger partial charge in [0.15, 0.2) is 0 Å². The van der Waals surface area contributed by atoms with Crippen LogP contribution in [0.3, 0.4) is 0 Å². The fourth-order valence-corrected chi connectivity index (χ4v) is 0. The van der Waals surface area contributed by atoms with Crippen molar-refractivity contribution in [1.82, 2.24) is 0 Å². The summed E-state index contributed by atoms with van der Waals surface area (Å²) in [5.41, 5.74) is 0. The normalized spacial score (nSPS) is 5.56. The summed E-state index contributed by atoms with van der Waals surface area (Å²) < 4.78 is 0. The molecule has 0 fully saturated rings. The van der Waals surface area contributed by atoms with E-state index < -0.39 is 23.9 Å². The van der Waals surface area contributed by atoms with Gasteiger partial charge in [-0.1, -0.05) is 0 Å². The molecular weight excluding hydrogens is 456 g/mol. The Bertz CT molecular complexity index is 167. The molecule has 0 bridgehead atoms. The van der Waals surface area contributed by atoms with Crippen LogP contribution in [0.1, 0.15) is 27.7 Å². The molecule has 18 heavy (non-hydrogen) atoms. The maximum absolute atomic E-state index is 8.89. The zero-order valence-electron chi connectivity index (χ0n) is 10.7. The summed E-state index contributed by atoms with van der Waals surface area (Å²) in [6.45, 7) is 3.89. The van der Waals surface area contributed by atoms with Crippen molar-refractivity contribution in [3.8, 4) is 0 Å². The molecule has 10 heteroatoms. The summed E-state index contributed by atoms with van der Waals surface area (Å²) in [4.78, 5) is 35.6. The standard InChI is InChI=1S/4C2H4O2.Bi.Na/c4*1-2(3)4;;/h4*1H3,(H,3,4);;/q;;;;+3;+1/p-4. The van der Waals surface area contributed by atoms with Crippen molar-refractivity contribution in [3.05, 3.63) is 0 Å². The molecule has 0 heterocycles. The zero-order valence-corrected chi connectivity index (χ0v) is 16.2. The maximum Gasteiger partial charge on any atom is 3.00 e. The van der Waals surface area contributed by atoms with Crippen LogP contribution in [-0.4, -0.2) is 50.1 Å². The van der Waals surface area contributed by atoms with Gasteiger partial charge in [-0.2, -0.15) is 0 Å². The van der Waals surface area contributed by atoms with Gasteiger partial charge in [0.05, 0.1) is 0 Å². The van der Waals surface area contributed by atoms with Crippen molar-refractivity contribution in [2.75, 3.05) is 0 Å². The van der Waals surface area contributed by atoms with Crippen LogP contribution in [0, 0.1) is 0 Å². The first-order chi connectivity index (χ1) is 6.93. The quantitative estimate of drug-likeness (QED) is 0.317. The summed E-state index contributed by atoms with van der Waals surface area (Å²) in [6.07, 6.45) is 0. The molecule has 8 nitrogen and oxygen atoms in total. The zero-order chi connectivity index (χ0) is 14.3. The van der Waals surface area contributed by atoms with Crippen molar-refractivity contribution >= 4 is 50.1 Å². The molecule has 0 saturated carbocycles. The fourth-order valence-electron chi connectivity index (χ4n) is 0. The molecule has 0 aliphatic rings. The first-order valence-corrected chi connectivity index (χ1v) is 3.63. The van der Waals surface area contributed by atoms with Crippen LogP contribution in [0.15, 0.2) is 0 Å². The minimum atomic E-state index is -1.08. The van der Waals surface area contributed by atoms with Crippen LogP contribution in [0.2, 0.25) is 0 Å². The molecule has 0 amide bonds. The second-order valence-electron chi connectivity index (χ2n) is 1.97. The van der Waals surface area contributed by atoms with Crippen LogP contribution >= 0.6 is 0 Å². The van der Waals surface area contributed by atoms with E-state index in [0.717, 1.165) is 27.7 Å². The number of rotatable bonds is 0. The average Bonchev–Trinajstić information content (AvgIpc) is 1.76. The Labute approximate surface area is 146 Å². The van der Waals surface area contributed by atoms with Crippen molar-refractivity contribution < 1.29 is 69.2 Å². The van der Waals surface area contributed by atoms with E-state index in [4.69, 9.17) is 39.6 Å². The van der Waals surface area contributed by atoms with Gasteiger partial charge >= 0.3 is 55.8 Å². The molecule has 0 aromatic carbocycles. The smallest absolute Gasteiger partial charge is 0.550 e. The molecule has 0 unspecified atom stereocenters. The van der Waals surface area contributed by atoms with Crippen LogP contribution in [0.5, 0.6) is 0 Å². The largest absolute Gasteiger partial charge is 3.00 e. The van der Waals surface area contributed by atoms with E-state index >= 15 is 0 Å². The number of hydrogen-bond donors (Lipinski definition) is 0. The Morgan fingerprint density at radius 1 is 0.556 bits per heavy atom. The second-order valence-corrected chi connectivity index (χ2v) is 1.97. The van der Waals surface area contributed by atoms with Crippen LogP contribution in [0.4, 0.5) is 0 Å². The average molecular weight is 468 g/mol. The molecule has 0 saturated heterocycles. The first kappa shape index (κ1) is 36.1. The van der Waals surface area contributed by atoms with Gasteiger partial charge in [-0.05, 0) is 27.7 Å².